The molecule has 0 amide bonds. The maximum Gasteiger partial charge on any atom is 0.354 e. The summed E-state index contributed by atoms with van der Waals surface area (Å²) in [6.07, 6.45) is 0. The molecular weight excluding hydrogens is 286 g/mol. The first kappa shape index (κ1) is 11.9. The second kappa shape index (κ2) is 4.33. The van der Waals surface area contributed by atoms with Crippen LogP contribution in [0.5, 0.6) is 0 Å². The smallest absolute Gasteiger partial charge is 0.354 e. The largest absolute Gasteiger partial charge is 0.464 e. The third kappa shape index (κ3) is 2.10. The lowest BCUT2D eigenvalue weighted by Crippen LogP contribution is -2.11. The number of aryl methyl sites for hydroxylation is 1. The van der Waals surface area contributed by atoms with Crippen LogP contribution in [0.3, 0.4) is 0 Å². The molecule has 0 unspecified atom stereocenters. The van der Waals surface area contributed by atoms with Crippen LogP contribution in [0, 0.1) is 6.92 Å². The number of halogens is 1. The van der Waals surface area contributed by atoms with Crippen molar-refractivity contribution in [1.29, 1.82) is 0 Å². The quantitative estimate of drug-likeness (QED) is 0.822. The molecule has 1 aromatic heterocycles. The predicted octanol–water partition coefficient (Wildman–Crippen LogP) is 2.39. The molecule has 0 aliphatic heterocycles. The summed E-state index contributed by atoms with van der Waals surface area (Å²) in [6, 6.07) is 4.80. The summed E-state index contributed by atoms with van der Waals surface area (Å²) >= 11 is 3.37. The van der Waals surface area contributed by atoms with Gasteiger partial charge in [-0.1, -0.05) is 15.9 Å². The van der Waals surface area contributed by atoms with Crippen molar-refractivity contribution in [1.82, 2.24) is 4.98 Å². The summed E-state index contributed by atoms with van der Waals surface area (Å²) in [6.45, 7) is 1.91. The predicted molar refractivity (Wildman–Crippen MR) is 68.3 cm³/mol. The van der Waals surface area contributed by atoms with Gasteiger partial charge in [0, 0.05) is 15.9 Å². The van der Waals surface area contributed by atoms with Crippen molar-refractivity contribution in [2.45, 2.75) is 6.92 Å². The number of pyridine rings is 1. The van der Waals surface area contributed by atoms with Crippen molar-refractivity contribution < 1.29 is 9.53 Å². The average Bonchev–Trinajstić information content (AvgIpc) is 2.30. The summed E-state index contributed by atoms with van der Waals surface area (Å²) in [7, 11) is 1.28. The van der Waals surface area contributed by atoms with Gasteiger partial charge >= 0.3 is 5.97 Å². The Balaban J connectivity index is 2.78. The van der Waals surface area contributed by atoms with Gasteiger partial charge in [0.05, 0.1) is 12.6 Å². The molecule has 0 aliphatic carbocycles. The second-order valence-corrected chi connectivity index (χ2v) is 4.54. The Bertz CT molecular complexity index is 661. The molecule has 0 aliphatic rings. The minimum absolute atomic E-state index is 0.159. The number of esters is 1. The molecule has 0 radical (unpaired) electrons. The van der Waals surface area contributed by atoms with E-state index in [2.05, 4.69) is 25.7 Å². The van der Waals surface area contributed by atoms with E-state index in [1.54, 1.807) is 6.07 Å². The van der Waals surface area contributed by atoms with Gasteiger partial charge in [0.15, 0.2) is 5.43 Å². The van der Waals surface area contributed by atoms with Gasteiger partial charge in [-0.2, -0.15) is 0 Å². The number of ether oxygens (including phenoxy) is 1. The molecule has 2 aromatic rings. The summed E-state index contributed by atoms with van der Waals surface area (Å²) in [5.41, 5.74) is 1.56. The van der Waals surface area contributed by atoms with Gasteiger partial charge in [0.2, 0.25) is 0 Å². The van der Waals surface area contributed by atoms with Crippen molar-refractivity contribution in [3.05, 3.63) is 44.2 Å². The second-order valence-electron chi connectivity index (χ2n) is 3.69. The molecule has 17 heavy (non-hydrogen) atoms. The summed E-state index contributed by atoms with van der Waals surface area (Å²) in [5.74, 6) is -0.551. The Morgan fingerprint density at radius 3 is 2.71 bits per heavy atom. The molecule has 4 nitrogen and oxygen atoms in total. The summed E-state index contributed by atoms with van der Waals surface area (Å²) in [5, 5.41) is 0.537. The van der Waals surface area contributed by atoms with E-state index in [1.807, 2.05) is 13.0 Å². The van der Waals surface area contributed by atoms with Crippen molar-refractivity contribution in [3.63, 3.8) is 0 Å². The molecule has 1 aromatic carbocycles. The molecule has 1 N–H and O–H groups in total. The Morgan fingerprint density at radius 2 is 2.06 bits per heavy atom. The van der Waals surface area contributed by atoms with Gasteiger partial charge < -0.3 is 9.72 Å². The molecule has 0 fully saturated rings. The van der Waals surface area contributed by atoms with Crippen molar-refractivity contribution in [2.75, 3.05) is 7.11 Å². The van der Waals surface area contributed by atoms with Crippen LogP contribution in [0.1, 0.15) is 16.1 Å². The average molecular weight is 296 g/mol. The lowest BCUT2D eigenvalue weighted by molar-refractivity contribution is 0.0594. The van der Waals surface area contributed by atoms with E-state index < -0.39 is 5.97 Å². The highest BCUT2D eigenvalue weighted by Crippen LogP contribution is 2.20. The van der Waals surface area contributed by atoms with E-state index in [-0.39, 0.29) is 11.1 Å². The molecule has 5 heteroatoms. The van der Waals surface area contributed by atoms with E-state index in [9.17, 15) is 9.59 Å². The Morgan fingerprint density at radius 1 is 1.35 bits per heavy atom. The van der Waals surface area contributed by atoms with Crippen molar-refractivity contribution in [3.8, 4) is 0 Å². The monoisotopic (exact) mass is 295 g/mol. The Kier molecular flexibility index (Phi) is 3.02. The minimum atomic E-state index is -0.551. The zero-order valence-electron chi connectivity index (χ0n) is 9.33. The molecule has 2 rings (SSSR count). The first-order valence-electron chi connectivity index (χ1n) is 4.94. The highest BCUT2D eigenvalue weighted by molar-refractivity contribution is 9.10. The Hall–Kier alpha value is -1.62. The van der Waals surface area contributed by atoms with Crippen LogP contribution < -0.4 is 5.43 Å². The highest BCUT2D eigenvalue weighted by atomic mass is 79.9. The van der Waals surface area contributed by atoms with Gasteiger partial charge in [-0.3, -0.25) is 4.79 Å². The molecule has 0 saturated heterocycles. The van der Waals surface area contributed by atoms with E-state index in [4.69, 9.17) is 0 Å². The van der Waals surface area contributed by atoms with Crippen LogP contribution in [0.2, 0.25) is 0 Å². The number of hydrogen-bond donors (Lipinski definition) is 1. The Labute approximate surface area is 106 Å². The fraction of sp³-hybridized carbons (Fsp3) is 0.167. The molecule has 88 valence electrons. The summed E-state index contributed by atoms with van der Waals surface area (Å²) in [4.78, 5) is 26.1. The fourth-order valence-electron chi connectivity index (χ4n) is 1.60. The van der Waals surface area contributed by atoms with E-state index in [0.717, 1.165) is 10.0 Å². The maximum absolute atomic E-state index is 11.8. The molecule has 0 saturated carbocycles. The molecule has 0 atom stereocenters. The number of carbonyl (C=O) groups is 1. The minimum Gasteiger partial charge on any atom is -0.464 e. The summed E-state index contributed by atoms with van der Waals surface area (Å²) < 4.78 is 5.44. The van der Waals surface area contributed by atoms with Crippen LogP contribution in [0.15, 0.2) is 27.5 Å². The highest BCUT2D eigenvalue weighted by Gasteiger charge is 2.10. The van der Waals surface area contributed by atoms with E-state index >= 15 is 0 Å². The lowest BCUT2D eigenvalue weighted by Gasteiger charge is -2.05. The van der Waals surface area contributed by atoms with Gasteiger partial charge in [0.25, 0.3) is 0 Å². The molecule has 0 spiro atoms. The number of rotatable bonds is 1. The number of hydrogen-bond acceptors (Lipinski definition) is 3. The van der Waals surface area contributed by atoms with Crippen LogP contribution in [0.25, 0.3) is 10.9 Å². The number of carbonyl (C=O) groups excluding carboxylic acids is 1. The number of methoxy groups -OCH3 is 1. The zero-order valence-corrected chi connectivity index (χ0v) is 10.9. The van der Waals surface area contributed by atoms with Gasteiger partial charge in [-0.05, 0) is 24.6 Å². The normalized spacial score (nSPS) is 10.5. The van der Waals surface area contributed by atoms with Gasteiger partial charge in [0.1, 0.15) is 5.69 Å². The molecule has 1 heterocycles. The molecular formula is C12H10BrNO3. The van der Waals surface area contributed by atoms with Crippen LogP contribution in [0.4, 0.5) is 0 Å². The van der Waals surface area contributed by atoms with Gasteiger partial charge in [-0.15, -0.1) is 0 Å². The van der Waals surface area contributed by atoms with Crippen LogP contribution in [-0.4, -0.2) is 18.1 Å². The number of aromatic nitrogens is 1. The first-order chi connectivity index (χ1) is 8.02. The maximum atomic E-state index is 11.8. The number of nitrogens with one attached hydrogen (secondary N) is 1. The van der Waals surface area contributed by atoms with E-state index in [1.165, 1.54) is 13.2 Å². The topological polar surface area (TPSA) is 59.2 Å². The standard InChI is InChI=1S/C12H10BrNO3/c1-6-3-9-7(4-8(6)13)11(15)5-10(14-9)12(16)17-2/h3-5H,1-2H3,(H,14,15). The third-order valence-corrected chi connectivity index (χ3v) is 3.37. The molecule has 0 bridgehead atoms. The van der Waals surface area contributed by atoms with Crippen LogP contribution in [-0.2, 0) is 4.74 Å². The lowest BCUT2D eigenvalue weighted by atomic mass is 10.1. The fourth-order valence-corrected chi connectivity index (χ4v) is 1.94. The van der Waals surface area contributed by atoms with Crippen molar-refractivity contribution >= 4 is 32.8 Å². The third-order valence-electron chi connectivity index (χ3n) is 2.51. The SMILES string of the molecule is COC(=O)c1cc(=O)c2cc(Br)c(C)cc2[nH]1. The van der Waals surface area contributed by atoms with E-state index in [0.29, 0.717) is 10.9 Å². The first-order valence-corrected chi connectivity index (χ1v) is 5.73. The number of H-pyrrole nitrogens is 1. The number of benzene rings is 1. The number of aromatic amines is 1. The number of fused-ring (bicyclic) bond motifs is 1. The van der Waals surface area contributed by atoms with Crippen molar-refractivity contribution in [2.24, 2.45) is 0 Å². The zero-order chi connectivity index (χ0) is 12.6. The van der Waals surface area contributed by atoms with Gasteiger partial charge in [-0.25, -0.2) is 4.79 Å². The van der Waals surface area contributed by atoms with Crippen LogP contribution >= 0.6 is 15.9 Å².